The second-order valence-corrected chi connectivity index (χ2v) is 8.09. The van der Waals surface area contributed by atoms with Gasteiger partial charge in [-0.15, -0.1) is 0 Å². The Morgan fingerprint density at radius 1 is 1.31 bits per heavy atom. The second-order valence-electron chi connectivity index (χ2n) is 7.65. The molecule has 1 spiro atoms. The molecule has 2 aliphatic heterocycles. The van der Waals surface area contributed by atoms with Crippen LogP contribution in [0.2, 0.25) is 5.02 Å². The molecule has 26 heavy (non-hydrogen) atoms. The van der Waals surface area contributed by atoms with Crippen LogP contribution in [0.25, 0.3) is 0 Å². The van der Waals surface area contributed by atoms with Crippen LogP contribution in [0.1, 0.15) is 18.4 Å². The predicted octanol–water partition coefficient (Wildman–Crippen LogP) is 2.06. The molecule has 2 fully saturated rings. The van der Waals surface area contributed by atoms with E-state index < -0.39 is 0 Å². The van der Waals surface area contributed by atoms with E-state index in [4.69, 9.17) is 16.3 Å². The second kappa shape index (κ2) is 8.70. The average Bonchev–Trinajstić information content (AvgIpc) is 2.99. The highest BCUT2D eigenvalue weighted by atomic mass is 35.5. The van der Waals surface area contributed by atoms with Gasteiger partial charge in [0.25, 0.3) is 0 Å². The van der Waals surface area contributed by atoms with E-state index in [-0.39, 0.29) is 17.9 Å². The van der Waals surface area contributed by atoms with Crippen LogP contribution in [-0.4, -0.2) is 73.9 Å². The van der Waals surface area contributed by atoms with Crippen LogP contribution in [0.15, 0.2) is 24.3 Å². The fourth-order valence-corrected chi connectivity index (χ4v) is 4.57. The summed E-state index contributed by atoms with van der Waals surface area (Å²) in [6.07, 6.45) is 2.36. The molecule has 2 aliphatic rings. The number of benzene rings is 1. The van der Waals surface area contributed by atoms with Gasteiger partial charge in [0.2, 0.25) is 5.91 Å². The van der Waals surface area contributed by atoms with Crippen molar-refractivity contribution in [3.05, 3.63) is 34.9 Å². The van der Waals surface area contributed by atoms with Gasteiger partial charge in [-0.3, -0.25) is 4.79 Å². The van der Waals surface area contributed by atoms with E-state index in [0.29, 0.717) is 17.4 Å². The molecule has 5 nitrogen and oxygen atoms in total. The van der Waals surface area contributed by atoms with Gasteiger partial charge in [-0.25, -0.2) is 0 Å². The number of nitrogens with zero attached hydrogens (tertiary/aromatic N) is 2. The van der Waals surface area contributed by atoms with Gasteiger partial charge in [0.1, 0.15) is 0 Å². The van der Waals surface area contributed by atoms with Crippen molar-refractivity contribution in [3.8, 4) is 0 Å². The molecule has 3 rings (SSSR count). The number of hydrogen-bond acceptors (Lipinski definition) is 4. The van der Waals surface area contributed by atoms with Crippen LogP contribution in [0, 0.1) is 11.3 Å². The third-order valence-corrected chi connectivity index (χ3v) is 6.35. The number of aliphatic hydroxyl groups is 1. The number of amides is 1. The highest BCUT2D eigenvalue weighted by Crippen LogP contribution is 2.44. The molecule has 0 aromatic heterocycles. The van der Waals surface area contributed by atoms with Gasteiger partial charge in [0, 0.05) is 57.4 Å². The zero-order valence-electron chi connectivity index (χ0n) is 15.5. The number of rotatable bonds is 6. The van der Waals surface area contributed by atoms with Crippen molar-refractivity contribution in [3.63, 3.8) is 0 Å². The Morgan fingerprint density at radius 2 is 2.00 bits per heavy atom. The summed E-state index contributed by atoms with van der Waals surface area (Å²) in [7, 11) is 1.72. The molecular weight excluding hydrogens is 352 g/mol. The largest absolute Gasteiger partial charge is 0.396 e. The summed E-state index contributed by atoms with van der Waals surface area (Å²) in [6.45, 7) is 5.34. The molecule has 0 aliphatic carbocycles. The zero-order valence-corrected chi connectivity index (χ0v) is 16.2. The summed E-state index contributed by atoms with van der Waals surface area (Å²) in [5, 5.41) is 10.6. The molecule has 1 atom stereocenters. The third-order valence-electron chi connectivity index (χ3n) is 6.10. The van der Waals surface area contributed by atoms with Crippen LogP contribution in [0.3, 0.4) is 0 Å². The first-order valence-corrected chi connectivity index (χ1v) is 9.78. The van der Waals surface area contributed by atoms with Gasteiger partial charge in [0.15, 0.2) is 0 Å². The molecule has 1 amide bonds. The minimum absolute atomic E-state index is 0.138. The number of carbonyl (C=O) groups excluding carboxylic acids is 1. The van der Waals surface area contributed by atoms with Crippen LogP contribution < -0.4 is 0 Å². The topological polar surface area (TPSA) is 53.0 Å². The monoisotopic (exact) mass is 380 g/mol. The maximum absolute atomic E-state index is 12.6. The SMILES string of the molecule is COCCN1CC(CO)C2(CCN(C(=O)Cc3ccc(Cl)cc3)CC2)C1. The Labute approximate surface area is 160 Å². The van der Waals surface area contributed by atoms with Crippen molar-refractivity contribution >= 4 is 17.5 Å². The molecule has 144 valence electrons. The lowest BCUT2D eigenvalue weighted by Crippen LogP contribution is -2.47. The van der Waals surface area contributed by atoms with Gasteiger partial charge in [-0.05, 0) is 36.0 Å². The van der Waals surface area contributed by atoms with Gasteiger partial charge in [0.05, 0.1) is 13.0 Å². The van der Waals surface area contributed by atoms with Crippen molar-refractivity contribution in [2.45, 2.75) is 19.3 Å². The van der Waals surface area contributed by atoms with Crippen molar-refractivity contribution in [2.75, 3.05) is 53.0 Å². The van der Waals surface area contributed by atoms with Crippen molar-refractivity contribution in [1.29, 1.82) is 0 Å². The number of halogens is 1. The Kier molecular flexibility index (Phi) is 6.56. The molecule has 0 saturated carbocycles. The zero-order chi connectivity index (χ0) is 18.6. The van der Waals surface area contributed by atoms with Gasteiger partial charge >= 0.3 is 0 Å². The maximum Gasteiger partial charge on any atom is 0.226 e. The highest BCUT2D eigenvalue weighted by Gasteiger charge is 2.47. The molecule has 1 aromatic rings. The summed E-state index contributed by atoms with van der Waals surface area (Å²) < 4.78 is 5.20. The Hall–Kier alpha value is -1.14. The Morgan fingerprint density at radius 3 is 2.62 bits per heavy atom. The van der Waals surface area contributed by atoms with Gasteiger partial charge < -0.3 is 19.6 Å². The average molecular weight is 381 g/mol. The minimum Gasteiger partial charge on any atom is -0.396 e. The van der Waals surface area contributed by atoms with Gasteiger partial charge in [-0.2, -0.15) is 0 Å². The van der Waals surface area contributed by atoms with Crippen LogP contribution >= 0.6 is 11.6 Å². The maximum atomic E-state index is 12.6. The lowest BCUT2D eigenvalue weighted by molar-refractivity contribution is -0.133. The van der Waals surface area contributed by atoms with E-state index in [0.717, 1.165) is 57.7 Å². The molecule has 2 heterocycles. The molecule has 0 radical (unpaired) electrons. The molecule has 1 aromatic carbocycles. The molecule has 1 unspecified atom stereocenters. The third kappa shape index (κ3) is 4.39. The Bertz CT molecular complexity index is 600. The summed E-state index contributed by atoms with van der Waals surface area (Å²) in [6, 6.07) is 7.49. The highest BCUT2D eigenvalue weighted by molar-refractivity contribution is 6.30. The quantitative estimate of drug-likeness (QED) is 0.820. The van der Waals surface area contributed by atoms with Crippen molar-refractivity contribution < 1.29 is 14.6 Å². The number of methoxy groups -OCH3 is 1. The lowest BCUT2D eigenvalue weighted by atomic mass is 9.71. The van der Waals surface area contributed by atoms with E-state index in [1.54, 1.807) is 7.11 Å². The summed E-state index contributed by atoms with van der Waals surface area (Å²) in [5.41, 5.74) is 1.14. The van der Waals surface area contributed by atoms with Crippen LogP contribution in [-0.2, 0) is 16.0 Å². The number of hydrogen-bond donors (Lipinski definition) is 1. The first-order chi connectivity index (χ1) is 12.6. The number of ether oxygens (including phenoxy) is 1. The van der Waals surface area contributed by atoms with Crippen molar-refractivity contribution in [1.82, 2.24) is 9.80 Å². The van der Waals surface area contributed by atoms with E-state index in [1.807, 2.05) is 29.2 Å². The molecule has 0 bridgehead atoms. The van der Waals surface area contributed by atoms with Gasteiger partial charge in [-0.1, -0.05) is 23.7 Å². The Balaban J connectivity index is 1.55. The minimum atomic E-state index is 0.138. The van der Waals surface area contributed by atoms with E-state index in [9.17, 15) is 9.90 Å². The summed E-state index contributed by atoms with van der Waals surface area (Å²) in [4.78, 5) is 17.0. The van der Waals surface area contributed by atoms with Crippen LogP contribution in [0.4, 0.5) is 0 Å². The first-order valence-electron chi connectivity index (χ1n) is 9.41. The summed E-state index contributed by atoms with van der Waals surface area (Å²) >= 11 is 5.91. The lowest BCUT2D eigenvalue weighted by Gasteiger charge is -2.42. The molecule has 6 heteroatoms. The van der Waals surface area contributed by atoms with Crippen molar-refractivity contribution in [2.24, 2.45) is 11.3 Å². The first kappa shape index (κ1) is 19.6. The summed E-state index contributed by atoms with van der Waals surface area (Å²) in [5.74, 6) is 0.477. The predicted molar refractivity (Wildman–Crippen MR) is 102 cm³/mol. The number of carbonyl (C=O) groups is 1. The van der Waals surface area contributed by atoms with E-state index >= 15 is 0 Å². The fourth-order valence-electron chi connectivity index (χ4n) is 4.44. The van der Waals surface area contributed by atoms with Crippen LogP contribution in [0.5, 0.6) is 0 Å². The van der Waals surface area contributed by atoms with E-state index in [2.05, 4.69) is 4.90 Å². The number of aliphatic hydroxyl groups excluding tert-OH is 1. The molecular formula is C20H29ClN2O3. The molecule has 2 saturated heterocycles. The standard InChI is InChI=1S/C20H29ClN2O3/c1-26-11-10-22-13-17(14-24)20(15-22)6-8-23(9-7-20)19(25)12-16-2-4-18(21)5-3-16/h2-5,17,24H,6-15H2,1H3. The number of piperidine rings is 1. The number of likely N-dealkylation sites (tertiary alicyclic amines) is 2. The molecule has 1 N–H and O–H groups in total. The van der Waals surface area contributed by atoms with E-state index in [1.165, 1.54) is 0 Å². The fraction of sp³-hybridized carbons (Fsp3) is 0.650. The smallest absolute Gasteiger partial charge is 0.226 e. The normalized spacial score (nSPS) is 22.9.